The van der Waals surface area contributed by atoms with E-state index in [1.165, 1.54) is 5.56 Å². The monoisotopic (exact) mass is 287 g/mol. The van der Waals surface area contributed by atoms with Gasteiger partial charge >= 0.3 is 0 Å². The summed E-state index contributed by atoms with van der Waals surface area (Å²) in [6, 6.07) is 8.35. The Balaban J connectivity index is 0.00000225. The summed E-state index contributed by atoms with van der Waals surface area (Å²) in [5.41, 5.74) is 1.36. The second-order valence-electron chi connectivity index (χ2n) is 4.86. The van der Waals surface area contributed by atoms with Gasteiger partial charge in [-0.15, -0.1) is 0 Å². The van der Waals surface area contributed by atoms with Gasteiger partial charge in [0, 0.05) is 0 Å². The highest BCUT2D eigenvalue weighted by Gasteiger charge is 2.06. The summed E-state index contributed by atoms with van der Waals surface area (Å²) in [5.74, 6) is 0.973. The molecule has 92 valence electrons. The van der Waals surface area contributed by atoms with Gasteiger partial charge in [-0.05, 0) is 24.1 Å². The number of hydrogen-bond acceptors (Lipinski definition) is 1. The van der Waals surface area contributed by atoms with E-state index in [0.29, 0.717) is 0 Å². The molecule has 0 bridgehead atoms. The number of hydrogen-bond donors (Lipinski definition) is 0. The highest BCUT2D eigenvalue weighted by Crippen LogP contribution is 2.12. The zero-order valence-electron chi connectivity index (χ0n) is 10.7. The minimum atomic E-state index is 0. The lowest BCUT2D eigenvalue weighted by molar-refractivity contribution is -0.870. The van der Waals surface area contributed by atoms with Crippen LogP contribution in [0.2, 0.25) is 0 Å². The molecular weight excluding hydrogens is 266 g/mol. The molecule has 0 aliphatic heterocycles. The Morgan fingerprint density at radius 2 is 1.62 bits per heavy atom. The van der Waals surface area contributed by atoms with Crippen LogP contribution in [-0.2, 0) is 6.42 Å². The Labute approximate surface area is 110 Å². The van der Waals surface area contributed by atoms with Gasteiger partial charge in [-0.1, -0.05) is 19.1 Å². The summed E-state index contributed by atoms with van der Waals surface area (Å²) < 4.78 is 6.60. The van der Waals surface area contributed by atoms with Crippen molar-refractivity contribution in [3.63, 3.8) is 0 Å². The van der Waals surface area contributed by atoms with Gasteiger partial charge in [0.2, 0.25) is 0 Å². The molecule has 0 amide bonds. The van der Waals surface area contributed by atoms with Crippen molar-refractivity contribution < 1.29 is 26.2 Å². The highest BCUT2D eigenvalue weighted by atomic mass is 79.9. The predicted octanol–water partition coefficient (Wildman–Crippen LogP) is -0.662. The molecule has 0 aliphatic carbocycles. The van der Waals surface area contributed by atoms with Crippen molar-refractivity contribution in [3.05, 3.63) is 29.8 Å². The minimum Gasteiger partial charge on any atom is -1.00 e. The lowest BCUT2D eigenvalue weighted by Gasteiger charge is -2.23. The lowest BCUT2D eigenvalue weighted by atomic mass is 10.2. The van der Waals surface area contributed by atoms with Crippen LogP contribution in [0, 0.1) is 0 Å². The van der Waals surface area contributed by atoms with Crippen molar-refractivity contribution in [2.45, 2.75) is 13.3 Å². The van der Waals surface area contributed by atoms with Gasteiger partial charge in [0.1, 0.15) is 18.9 Å². The van der Waals surface area contributed by atoms with Crippen LogP contribution in [0.25, 0.3) is 0 Å². The molecule has 0 fully saturated rings. The van der Waals surface area contributed by atoms with Crippen molar-refractivity contribution in [2.75, 3.05) is 34.3 Å². The third-order valence-electron chi connectivity index (χ3n) is 2.36. The van der Waals surface area contributed by atoms with E-state index in [-0.39, 0.29) is 17.0 Å². The number of likely N-dealkylation sites (N-methyl/N-ethyl adjacent to an activating group) is 1. The summed E-state index contributed by atoms with van der Waals surface area (Å²) in [7, 11) is 6.51. The van der Waals surface area contributed by atoms with Crippen LogP contribution in [0.5, 0.6) is 5.75 Å². The fourth-order valence-electron chi connectivity index (χ4n) is 1.26. The van der Waals surface area contributed by atoms with Crippen LogP contribution in [-0.4, -0.2) is 38.8 Å². The molecule has 0 heterocycles. The lowest BCUT2D eigenvalue weighted by Crippen LogP contribution is -3.00. The molecule has 0 atom stereocenters. The fourth-order valence-corrected chi connectivity index (χ4v) is 1.26. The molecule has 0 aliphatic rings. The Hall–Kier alpha value is -0.540. The molecule has 1 aromatic rings. The number of halogens is 1. The molecule has 0 spiro atoms. The molecule has 3 heteroatoms. The van der Waals surface area contributed by atoms with Crippen LogP contribution in [0.15, 0.2) is 24.3 Å². The number of rotatable bonds is 5. The van der Waals surface area contributed by atoms with E-state index in [0.717, 1.165) is 29.8 Å². The summed E-state index contributed by atoms with van der Waals surface area (Å²) in [6.45, 7) is 3.96. The highest BCUT2D eigenvalue weighted by molar-refractivity contribution is 5.27. The minimum absolute atomic E-state index is 0. The van der Waals surface area contributed by atoms with Crippen molar-refractivity contribution >= 4 is 0 Å². The first-order chi connectivity index (χ1) is 7.01. The third kappa shape index (κ3) is 6.13. The number of aryl methyl sites for hydroxylation is 1. The van der Waals surface area contributed by atoms with Crippen LogP contribution in [0.3, 0.4) is 0 Å². The van der Waals surface area contributed by atoms with E-state index in [4.69, 9.17) is 4.74 Å². The number of benzene rings is 1. The van der Waals surface area contributed by atoms with Crippen molar-refractivity contribution in [3.8, 4) is 5.75 Å². The van der Waals surface area contributed by atoms with Gasteiger partial charge in [0.25, 0.3) is 0 Å². The molecule has 0 unspecified atom stereocenters. The second kappa shape index (κ2) is 6.92. The van der Waals surface area contributed by atoms with Crippen LogP contribution in [0.4, 0.5) is 0 Å². The van der Waals surface area contributed by atoms with Gasteiger partial charge in [-0.2, -0.15) is 0 Å². The van der Waals surface area contributed by atoms with Crippen molar-refractivity contribution in [2.24, 2.45) is 0 Å². The average Bonchev–Trinajstić information content (AvgIpc) is 2.17. The fraction of sp³-hybridized carbons (Fsp3) is 0.538. The summed E-state index contributed by atoms with van der Waals surface area (Å²) in [4.78, 5) is 0. The maximum Gasteiger partial charge on any atom is 0.137 e. The predicted molar refractivity (Wildman–Crippen MR) is 64.2 cm³/mol. The molecule has 16 heavy (non-hydrogen) atoms. The standard InChI is InChI=1S/C13H22NO.BrH/c1-5-12-6-8-13(9-7-12)15-11-10-14(2,3)4;/h6-9H,5,10-11H2,1-4H3;1H/q+1;/p-1. The number of ether oxygens (including phenoxy) is 1. The zero-order valence-corrected chi connectivity index (χ0v) is 12.3. The van der Waals surface area contributed by atoms with E-state index < -0.39 is 0 Å². The molecule has 0 saturated carbocycles. The second-order valence-corrected chi connectivity index (χ2v) is 4.86. The van der Waals surface area contributed by atoms with Crippen LogP contribution in [0.1, 0.15) is 12.5 Å². The summed E-state index contributed by atoms with van der Waals surface area (Å²) in [5, 5.41) is 0. The Morgan fingerprint density at radius 1 is 1.06 bits per heavy atom. The molecule has 0 N–H and O–H groups in total. The quantitative estimate of drug-likeness (QED) is 0.654. The molecule has 0 saturated heterocycles. The van der Waals surface area contributed by atoms with E-state index >= 15 is 0 Å². The average molecular weight is 288 g/mol. The normalized spacial score (nSPS) is 10.8. The SMILES string of the molecule is CCc1ccc(OCC[N+](C)(C)C)cc1.[Br-]. The van der Waals surface area contributed by atoms with Gasteiger partial charge in [0.05, 0.1) is 21.1 Å². The van der Waals surface area contributed by atoms with Crippen molar-refractivity contribution in [1.82, 2.24) is 0 Å². The van der Waals surface area contributed by atoms with E-state index in [1.807, 2.05) is 0 Å². The zero-order chi connectivity index (χ0) is 11.3. The van der Waals surface area contributed by atoms with Gasteiger partial charge in [-0.25, -0.2) is 0 Å². The smallest absolute Gasteiger partial charge is 0.137 e. The van der Waals surface area contributed by atoms with Gasteiger partial charge in [-0.3, -0.25) is 0 Å². The molecule has 1 aromatic carbocycles. The number of nitrogens with zero attached hydrogens (tertiary/aromatic N) is 1. The van der Waals surface area contributed by atoms with Crippen LogP contribution >= 0.6 is 0 Å². The van der Waals surface area contributed by atoms with Crippen LogP contribution < -0.4 is 21.7 Å². The Morgan fingerprint density at radius 3 is 2.06 bits per heavy atom. The molecular formula is C13H22BrNO. The van der Waals surface area contributed by atoms with Crippen molar-refractivity contribution in [1.29, 1.82) is 0 Å². The Bertz CT molecular complexity index is 290. The Kier molecular flexibility index (Phi) is 6.68. The number of quaternary nitrogens is 1. The van der Waals surface area contributed by atoms with E-state index in [2.05, 4.69) is 52.3 Å². The van der Waals surface area contributed by atoms with E-state index in [1.54, 1.807) is 0 Å². The van der Waals surface area contributed by atoms with Gasteiger partial charge < -0.3 is 26.2 Å². The maximum atomic E-state index is 5.67. The third-order valence-corrected chi connectivity index (χ3v) is 2.36. The molecule has 2 nitrogen and oxygen atoms in total. The molecule has 0 radical (unpaired) electrons. The first-order valence-corrected chi connectivity index (χ1v) is 5.53. The molecule has 0 aromatic heterocycles. The first-order valence-electron chi connectivity index (χ1n) is 5.53. The van der Waals surface area contributed by atoms with Gasteiger partial charge in [0.15, 0.2) is 0 Å². The summed E-state index contributed by atoms with van der Waals surface area (Å²) in [6.07, 6.45) is 1.08. The summed E-state index contributed by atoms with van der Waals surface area (Å²) >= 11 is 0. The maximum absolute atomic E-state index is 5.67. The topological polar surface area (TPSA) is 9.23 Å². The van der Waals surface area contributed by atoms with E-state index in [9.17, 15) is 0 Å². The first kappa shape index (κ1) is 15.5. The largest absolute Gasteiger partial charge is 1.00 e. The molecule has 1 rings (SSSR count).